The molecular weight excluding hydrogens is 258 g/mol. The number of hydrogen-bond donors (Lipinski definition) is 1. The first-order valence-corrected chi connectivity index (χ1v) is 8.51. The fourth-order valence-corrected chi connectivity index (χ4v) is 3.75. The Labute approximate surface area is 129 Å². The second-order valence-corrected chi connectivity index (χ2v) is 6.64. The van der Waals surface area contributed by atoms with Gasteiger partial charge in [-0.25, -0.2) is 0 Å². The highest BCUT2D eigenvalue weighted by atomic mass is 15.2. The highest BCUT2D eigenvalue weighted by molar-refractivity contribution is 5.58. The summed E-state index contributed by atoms with van der Waals surface area (Å²) in [4.78, 5) is 5.05. The highest BCUT2D eigenvalue weighted by Gasteiger charge is 2.26. The van der Waals surface area contributed by atoms with E-state index in [2.05, 4.69) is 54.2 Å². The second kappa shape index (κ2) is 6.37. The van der Waals surface area contributed by atoms with Gasteiger partial charge >= 0.3 is 0 Å². The normalized spacial score (nSPS) is 26.1. The maximum absolute atomic E-state index is 3.68. The van der Waals surface area contributed by atoms with Crippen LogP contribution in [0, 0.1) is 0 Å². The minimum atomic E-state index is 0.661. The average Bonchev–Trinajstić information content (AvgIpc) is 2.88. The number of nitrogens with one attached hydrogen (secondary N) is 1. The van der Waals surface area contributed by atoms with Crippen LogP contribution >= 0.6 is 0 Å². The minimum Gasteiger partial charge on any atom is -0.374 e. The third kappa shape index (κ3) is 3.09. The molecule has 2 aliphatic heterocycles. The van der Waals surface area contributed by atoms with Crippen LogP contribution in [0.25, 0.3) is 0 Å². The molecule has 3 rings (SSSR count). The molecule has 0 aromatic heterocycles. The molecule has 2 heterocycles. The van der Waals surface area contributed by atoms with Crippen LogP contribution in [-0.4, -0.2) is 43.7 Å². The van der Waals surface area contributed by atoms with E-state index < -0.39 is 0 Å². The van der Waals surface area contributed by atoms with Gasteiger partial charge in [-0.1, -0.05) is 26.0 Å². The molecule has 0 radical (unpaired) electrons. The molecule has 1 fully saturated rings. The monoisotopic (exact) mass is 287 g/mol. The van der Waals surface area contributed by atoms with Gasteiger partial charge in [-0.05, 0) is 36.5 Å². The van der Waals surface area contributed by atoms with E-state index in [1.54, 1.807) is 0 Å². The van der Waals surface area contributed by atoms with Gasteiger partial charge in [0.15, 0.2) is 0 Å². The lowest BCUT2D eigenvalue weighted by molar-refractivity contribution is 0.117. The van der Waals surface area contributed by atoms with Crippen LogP contribution in [0.1, 0.15) is 37.8 Å². The summed E-state index contributed by atoms with van der Waals surface area (Å²) in [6, 6.07) is 8.43. The number of rotatable bonds is 4. The molecule has 2 atom stereocenters. The summed E-state index contributed by atoms with van der Waals surface area (Å²) < 4.78 is 0. The Morgan fingerprint density at radius 1 is 1.24 bits per heavy atom. The van der Waals surface area contributed by atoms with E-state index in [1.807, 2.05) is 0 Å². The van der Waals surface area contributed by atoms with Crippen molar-refractivity contribution in [2.75, 3.05) is 31.6 Å². The molecule has 0 spiro atoms. The zero-order chi connectivity index (χ0) is 14.8. The molecule has 1 N–H and O–H groups in total. The lowest BCUT2D eigenvalue weighted by Crippen LogP contribution is -2.55. The van der Waals surface area contributed by atoms with Crippen molar-refractivity contribution in [3.05, 3.63) is 29.3 Å². The van der Waals surface area contributed by atoms with Gasteiger partial charge in [-0.15, -0.1) is 0 Å². The Kier molecular flexibility index (Phi) is 4.51. The number of anilines is 1. The summed E-state index contributed by atoms with van der Waals surface area (Å²) in [5.41, 5.74) is 4.45. The fraction of sp³-hybridized carbons (Fsp3) is 0.667. The maximum Gasteiger partial charge on any atom is 0.0397 e. The SMILES string of the molecule is CCC1CN(Cc2ccc3c(c2)CCN3C)C(CC)CN1. The van der Waals surface area contributed by atoms with E-state index >= 15 is 0 Å². The Morgan fingerprint density at radius 2 is 2.10 bits per heavy atom. The number of hydrogen-bond acceptors (Lipinski definition) is 3. The van der Waals surface area contributed by atoms with Crippen LogP contribution < -0.4 is 10.2 Å². The van der Waals surface area contributed by atoms with Crippen molar-refractivity contribution in [3.63, 3.8) is 0 Å². The molecule has 2 unspecified atom stereocenters. The van der Waals surface area contributed by atoms with Gasteiger partial charge in [0, 0.05) is 51.0 Å². The van der Waals surface area contributed by atoms with Crippen molar-refractivity contribution < 1.29 is 0 Å². The predicted octanol–water partition coefficient (Wildman–Crippen LogP) is 2.64. The topological polar surface area (TPSA) is 18.5 Å². The number of piperazine rings is 1. The third-order valence-corrected chi connectivity index (χ3v) is 5.23. The molecular formula is C18H29N3. The van der Waals surface area contributed by atoms with Crippen LogP contribution in [0.3, 0.4) is 0 Å². The van der Waals surface area contributed by atoms with Crippen LogP contribution in [-0.2, 0) is 13.0 Å². The summed E-state index contributed by atoms with van der Waals surface area (Å²) >= 11 is 0. The molecule has 1 aromatic rings. The lowest BCUT2D eigenvalue weighted by Gasteiger charge is -2.40. The standard InChI is InChI=1S/C18H29N3/c1-4-16-13-21(17(5-2)11-19-16)12-14-6-7-18-15(10-14)8-9-20(18)3/h6-7,10,16-17,19H,4-5,8-9,11-13H2,1-3H3. The average molecular weight is 287 g/mol. The Morgan fingerprint density at radius 3 is 2.86 bits per heavy atom. The number of fused-ring (bicyclic) bond motifs is 1. The quantitative estimate of drug-likeness (QED) is 0.918. The van der Waals surface area contributed by atoms with E-state index in [4.69, 9.17) is 0 Å². The van der Waals surface area contributed by atoms with Gasteiger partial charge in [-0.2, -0.15) is 0 Å². The number of benzene rings is 1. The van der Waals surface area contributed by atoms with E-state index in [1.165, 1.54) is 49.2 Å². The zero-order valence-corrected chi connectivity index (χ0v) is 13.7. The molecule has 3 heteroatoms. The highest BCUT2D eigenvalue weighted by Crippen LogP contribution is 2.28. The first-order chi connectivity index (χ1) is 10.2. The Hall–Kier alpha value is -1.06. The van der Waals surface area contributed by atoms with Gasteiger partial charge in [0.2, 0.25) is 0 Å². The van der Waals surface area contributed by atoms with E-state index in [0.717, 1.165) is 13.1 Å². The molecule has 0 bridgehead atoms. The fourth-order valence-electron chi connectivity index (χ4n) is 3.75. The van der Waals surface area contributed by atoms with E-state index in [-0.39, 0.29) is 0 Å². The van der Waals surface area contributed by atoms with Crippen molar-refractivity contribution in [2.24, 2.45) is 0 Å². The van der Waals surface area contributed by atoms with Gasteiger partial charge in [0.25, 0.3) is 0 Å². The molecule has 1 aromatic carbocycles. The van der Waals surface area contributed by atoms with Crippen molar-refractivity contribution in [1.29, 1.82) is 0 Å². The molecule has 1 saturated heterocycles. The second-order valence-electron chi connectivity index (χ2n) is 6.64. The zero-order valence-electron chi connectivity index (χ0n) is 13.7. The minimum absolute atomic E-state index is 0.661. The van der Waals surface area contributed by atoms with Crippen molar-refractivity contribution in [3.8, 4) is 0 Å². The summed E-state index contributed by atoms with van der Waals surface area (Å²) in [6.45, 7) is 9.20. The van der Waals surface area contributed by atoms with Crippen LogP contribution in [0.5, 0.6) is 0 Å². The van der Waals surface area contributed by atoms with E-state index in [9.17, 15) is 0 Å². The summed E-state index contributed by atoms with van der Waals surface area (Å²) in [5, 5.41) is 3.68. The molecule has 21 heavy (non-hydrogen) atoms. The molecule has 0 aliphatic carbocycles. The van der Waals surface area contributed by atoms with Gasteiger partial charge in [-0.3, -0.25) is 4.90 Å². The summed E-state index contributed by atoms with van der Waals surface area (Å²) in [5.74, 6) is 0. The smallest absolute Gasteiger partial charge is 0.0397 e. The first kappa shape index (κ1) is 14.9. The first-order valence-electron chi connectivity index (χ1n) is 8.51. The summed E-state index contributed by atoms with van der Waals surface area (Å²) in [6.07, 6.45) is 3.66. The van der Waals surface area contributed by atoms with Crippen LogP contribution in [0.15, 0.2) is 18.2 Å². The summed E-state index contributed by atoms with van der Waals surface area (Å²) in [7, 11) is 2.20. The van der Waals surface area contributed by atoms with Crippen molar-refractivity contribution >= 4 is 5.69 Å². The molecule has 116 valence electrons. The molecule has 0 saturated carbocycles. The molecule has 0 amide bonds. The third-order valence-electron chi connectivity index (χ3n) is 5.23. The number of nitrogens with zero attached hydrogens (tertiary/aromatic N) is 2. The van der Waals surface area contributed by atoms with Crippen LogP contribution in [0.4, 0.5) is 5.69 Å². The van der Waals surface area contributed by atoms with Gasteiger partial charge < -0.3 is 10.2 Å². The van der Waals surface area contributed by atoms with Gasteiger partial charge in [0.1, 0.15) is 0 Å². The molecule has 3 nitrogen and oxygen atoms in total. The Bertz CT molecular complexity index is 485. The molecule has 2 aliphatic rings. The lowest BCUT2D eigenvalue weighted by atomic mass is 10.0. The number of likely N-dealkylation sites (N-methyl/N-ethyl adjacent to an activating group) is 1. The largest absolute Gasteiger partial charge is 0.374 e. The van der Waals surface area contributed by atoms with E-state index in [0.29, 0.717) is 12.1 Å². The van der Waals surface area contributed by atoms with Crippen molar-refractivity contribution in [2.45, 2.75) is 51.7 Å². The maximum atomic E-state index is 3.68. The van der Waals surface area contributed by atoms with Crippen molar-refractivity contribution in [1.82, 2.24) is 10.2 Å². The predicted molar refractivity (Wildman–Crippen MR) is 90.0 cm³/mol. The van der Waals surface area contributed by atoms with Crippen LogP contribution in [0.2, 0.25) is 0 Å². The van der Waals surface area contributed by atoms with Gasteiger partial charge in [0.05, 0.1) is 0 Å². The Balaban J connectivity index is 1.72.